The van der Waals surface area contributed by atoms with Crippen molar-refractivity contribution in [3.8, 4) is 0 Å². The van der Waals surface area contributed by atoms with E-state index in [0.29, 0.717) is 12.4 Å². The molecule has 1 N–H and O–H groups in total. The molecule has 1 aliphatic heterocycles. The Kier molecular flexibility index (Phi) is 3.50. The number of nitrogens with zero attached hydrogens (tertiary/aromatic N) is 2. The fourth-order valence-corrected chi connectivity index (χ4v) is 3.06. The Hall–Kier alpha value is -0.550. The molecule has 5 heteroatoms. The van der Waals surface area contributed by atoms with Crippen molar-refractivity contribution < 1.29 is 4.42 Å². The fourth-order valence-electron chi connectivity index (χ4n) is 1.83. The normalized spacial score (nSPS) is 25.4. The molecule has 1 aromatic heterocycles. The average molecular weight is 255 g/mol. The average Bonchev–Trinajstić information content (AvgIpc) is 2.83. The molecule has 2 rings (SSSR count). The Bertz CT molecular complexity index is 377. The highest BCUT2D eigenvalue weighted by molar-refractivity contribution is 8.00. The van der Waals surface area contributed by atoms with Gasteiger partial charge in [-0.15, -0.1) is 22.0 Å². The van der Waals surface area contributed by atoms with E-state index in [2.05, 4.69) is 43.2 Å². The number of thioether (sulfide) groups is 1. The highest BCUT2D eigenvalue weighted by Crippen LogP contribution is 2.45. The molecule has 4 nitrogen and oxygen atoms in total. The van der Waals surface area contributed by atoms with Gasteiger partial charge in [0.25, 0.3) is 0 Å². The summed E-state index contributed by atoms with van der Waals surface area (Å²) >= 11 is 1.92. The molecule has 1 atom stereocenters. The third-order valence-corrected chi connectivity index (χ3v) is 4.42. The SMILES string of the molecule is CC(C)(C)NCc1nnc(C2(C)CCCS2)o1. The van der Waals surface area contributed by atoms with Crippen LogP contribution in [0.4, 0.5) is 0 Å². The van der Waals surface area contributed by atoms with E-state index in [9.17, 15) is 0 Å². The zero-order valence-electron chi connectivity index (χ0n) is 11.0. The summed E-state index contributed by atoms with van der Waals surface area (Å²) in [6, 6.07) is 0. The van der Waals surface area contributed by atoms with Crippen molar-refractivity contribution in [1.82, 2.24) is 15.5 Å². The molecular formula is C12H21N3OS. The molecule has 96 valence electrons. The summed E-state index contributed by atoms with van der Waals surface area (Å²) in [7, 11) is 0. The van der Waals surface area contributed by atoms with Crippen molar-refractivity contribution in [3.63, 3.8) is 0 Å². The monoisotopic (exact) mass is 255 g/mol. The van der Waals surface area contributed by atoms with Gasteiger partial charge in [0.1, 0.15) is 0 Å². The molecule has 1 unspecified atom stereocenters. The van der Waals surface area contributed by atoms with Crippen molar-refractivity contribution in [2.45, 2.75) is 57.4 Å². The molecular weight excluding hydrogens is 234 g/mol. The second-order valence-corrected chi connectivity index (χ2v) is 7.39. The van der Waals surface area contributed by atoms with Gasteiger partial charge in [-0.05, 0) is 46.3 Å². The van der Waals surface area contributed by atoms with E-state index < -0.39 is 0 Å². The van der Waals surface area contributed by atoms with Gasteiger partial charge in [-0.1, -0.05) is 0 Å². The molecule has 1 fully saturated rings. The standard InChI is InChI=1S/C12H21N3OS/c1-11(2,3)13-8-9-14-15-10(16-9)12(4)6-5-7-17-12/h13H,5-8H2,1-4H3. The molecule has 1 saturated heterocycles. The largest absolute Gasteiger partial charge is 0.422 e. The van der Waals surface area contributed by atoms with E-state index in [-0.39, 0.29) is 10.3 Å². The van der Waals surface area contributed by atoms with Crippen molar-refractivity contribution >= 4 is 11.8 Å². The maximum atomic E-state index is 5.76. The predicted octanol–water partition coefficient (Wildman–Crippen LogP) is 2.70. The van der Waals surface area contributed by atoms with E-state index in [4.69, 9.17) is 4.42 Å². The lowest BCUT2D eigenvalue weighted by atomic mass is 10.1. The smallest absolute Gasteiger partial charge is 0.232 e. The van der Waals surface area contributed by atoms with Crippen LogP contribution in [0.5, 0.6) is 0 Å². The van der Waals surface area contributed by atoms with Crippen LogP contribution in [0.1, 0.15) is 52.3 Å². The summed E-state index contributed by atoms with van der Waals surface area (Å²) in [4.78, 5) is 0. The van der Waals surface area contributed by atoms with Crippen molar-refractivity contribution in [3.05, 3.63) is 11.8 Å². The summed E-state index contributed by atoms with van der Waals surface area (Å²) in [6.07, 6.45) is 2.37. The lowest BCUT2D eigenvalue weighted by Gasteiger charge is -2.19. The van der Waals surface area contributed by atoms with E-state index in [1.54, 1.807) is 0 Å². The summed E-state index contributed by atoms with van der Waals surface area (Å²) in [5.74, 6) is 2.66. The Balaban J connectivity index is 2.01. The molecule has 0 amide bonds. The Morgan fingerprint density at radius 1 is 1.41 bits per heavy atom. The minimum absolute atomic E-state index is 0.0347. The van der Waals surface area contributed by atoms with E-state index in [1.165, 1.54) is 12.2 Å². The van der Waals surface area contributed by atoms with Gasteiger partial charge in [0.05, 0.1) is 11.3 Å². The van der Waals surface area contributed by atoms with Gasteiger partial charge in [0.2, 0.25) is 11.8 Å². The number of hydrogen-bond donors (Lipinski definition) is 1. The lowest BCUT2D eigenvalue weighted by Crippen LogP contribution is -2.35. The third kappa shape index (κ3) is 3.22. The zero-order chi connectivity index (χ0) is 12.5. The minimum Gasteiger partial charge on any atom is -0.422 e. The Labute approximate surface area is 107 Å². The first-order valence-corrected chi connectivity index (χ1v) is 7.09. The number of hydrogen-bond acceptors (Lipinski definition) is 5. The molecule has 0 radical (unpaired) electrons. The molecule has 2 heterocycles. The second-order valence-electron chi connectivity index (χ2n) is 5.79. The molecule has 0 saturated carbocycles. The molecule has 0 bridgehead atoms. The molecule has 17 heavy (non-hydrogen) atoms. The van der Waals surface area contributed by atoms with E-state index in [1.807, 2.05) is 11.8 Å². The molecule has 1 aromatic rings. The van der Waals surface area contributed by atoms with Gasteiger partial charge in [0.15, 0.2) is 0 Å². The van der Waals surface area contributed by atoms with Crippen LogP contribution in [0.2, 0.25) is 0 Å². The van der Waals surface area contributed by atoms with Crippen LogP contribution in [0.25, 0.3) is 0 Å². The molecule has 0 spiro atoms. The van der Waals surface area contributed by atoms with Crippen LogP contribution in [0, 0.1) is 0 Å². The van der Waals surface area contributed by atoms with Crippen molar-refractivity contribution in [2.24, 2.45) is 0 Å². The van der Waals surface area contributed by atoms with Crippen LogP contribution in [-0.2, 0) is 11.3 Å². The summed E-state index contributed by atoms with van der Waals surface area (Å²) < 4.78 is 5.80. The highest BCUT2D eigenvalue weighted by atomic mass is 32.2. The first-order chi connectivity index (χ1) is 7.89. The second kappa shape index (κ2) is 4.61. The molecule has 1 aliphatic rings. The Morgan fingerprint density at radius 3 is 2.76 bits per heavy atom. The lowest BCUT2D eigenvalue weighted by molar-refractivity contribution is 0.356. The van der Waals surface area contributed by atoms with Gasteiger partial charge in [-0.25, -0.2) is 0 Å². The van der Waals surface area contributed by atoms with Gasteiger partial charge in [0, 0.05) is 5.54 Å². The van der Waals surface area contributed by atoms with Crippen LogP contribution in [-0.4, -0.2) is 21.5 Å². The summed E-state index contributed by atoms with van der Waals surface area (Å²) in [5, 5.41) is 11.7. The van der Waals surface area contributed by atoms with Gasteiger partial charge >= 0.3 is 0 Å². The van der Waals surface area contributed by atoms with Crippen LogP contribution < -0.4 is 5.32 Å². The van der Waals surface area contributed by atoms with Gasteiger partial charge in [-0.3, -0.25) is 0 Å². The summed E-state index contributed by atoms with van der Waals surface area (Å²) in [6.45, 7) is 9.20. The van der Waals surface area contributed by atoms with Crippen LogP contribution in [0.3, 0.4) is 0 Å². The number of rotatable bonds is 3. The minimum atomic E-state index is 0.0347. The zero-order valence-corrected chi connectivity index (χ0v) is 11.9. The maximum Gasteiger partial charge on any atom is 0.232 e. The Morgan fingerprint density at radius 2 is 2.18 bits per heavy atom. The molecule has 0 aliphatic carbocycles. The first kappa shape index (κ1) is 12.9. The topological polar surface area (TPSA) is 51.0 Å². The predicted molar refractivity (Wildman–Crippen MR) is 69.9 cm³/mol. The van der Waals surface area contributed by atoms with E-state index >= 15 is 0 Å². The van der Waals surface area contributed by atoms with Crippen molar-refractivity contribution in [2.75, 3.05) is 5.75 Å². The van der Waals surface area contributed by atoms with Gasteiger partial charge in [-0.2, -0.15) is 0 Å². The molecule has 0 aromatic carbocycles. The quantitative estimate of drug-likeness (QED) is 0.900. The number of aromatic nitrogens is 2. The van der Waals surface area contributed by atoms with Crippen LogP contribution >= 0.6 is 11.8 Å². The van der Waals surface area contributed by atoms with E-state index in [0.717, 1.165) is 12.3 Å². The number of nitrogens with one attached hydrogen (secondary N) is 1. The van der Waals surface area contributed by atoms with Crippen LogP contribution in [0.15, 0.2) is 4.42 Å². The fraction of sp³-hybridized carbons (Fsp3) is 0.833. The van der Waals surface area contributed by atoms with Crippen molar-refractivity contribution in [1.29, 1.82) is 0 Å². The van der Waals surface area contributed by atoms with Gasteiger partial charge < -0.3 is 9.73 Å². The first-order valence-electron chi connectivity index (χ1n) is 6.11. The maximum absolute atomic E-state index is 5.76. The third-order valence-electron chi connectivity index (χ3n) is 2.91. The summed E-state index contributed by atoms with van der Waals surface area (Å²) in [5.41, 5.74) is 0.0701. The highest BCUT2D eigenvalue weighted by Gasteiger charge is 2.36.